The Morgan fingerprint density at radius 1 is 1.07 bits per heavy atom. The molecule has 0 saturated carbocycles. The number of pyridine rings is 1. The van der Waals surface area contributed by atoms with Crippen LogP contribution in [0.15, 0.2) is 48.7 Å². The van der Waals surface area contributed by atoms with Crippen molar-refractivity contribution in [3.05, 3.63) is 53.5 Å². The van der Waals surface area contributed by atoms with Crippen LogP contribution >= 0.6 is 11.5 Å². The number of nitrogens with zero attached hydrogens (tertiary/aromatic N) is 5. The van der Waals surface area contributed by atoms with Crippen LogP contribution in [0.5, 0.6) is 5.75 Å². The first kappa shape index (κ1) is 17.4. The number of carbonyl (C=O) groups excluding carboxylic acids is 1. The molecule has 1 aliphatic heterocycles. The lowest BCUT2D eigenvalue weighted by Crippen LogP contribution is -2.49. The van der Waals surface area contributed by atoms with Crippen LogP contribution in [0.2, 0.25) is 0 Å². The minimum atomic E-state index is -0.0171. The maximum absolute atomic E-state index is 13.0. The number of hydrogen-bond acceptors (Lipinski definition) is 7. The van der Waals surface area contributed by atoms with Crippen LogP contribution in [0.25, 0.3) is 11.3 Å². The number of amides is 1. The van der Waals surface area contributed by atoms with E-state index < -0.39 is 0 Å². The zero-order valence-corrected chi connectivity index (χ0v) is 15.7. The van der Waals surface area contributed by atoms with Crippen LogP contribution in [0.4, 0.5) is 5.82 Å². The van der Waals surface area contributed by atoms with Gasteiger partial charge in [0.15, 0.2) is 0 Å². The minimum absolute atomic E-state index is 0.0171. The molecule has 0 N–H and O–H groups in total. The highest BCUT2D eigenvalue weighted by atomic mass is 32.1. The first-order valence-electron chi connectivity index (χ1n) is 8.68. The van der Waals surface area contributed by atoms with Crippen molar-refractivity contribution in [1.82, 2.24) is 19.5 Å². The number of ether oxygens (including phenoxy) is 1. The molecule has 0 bridgehead atoms. The summed E-state index contributed by atoms with van der Waals surface area (Å²) in [4.78, 5) is 22.0. The highest BCUT2D eigenvalue weighted by molar-refractivity contribution is 7.08. The van der Waals surface area contributed by atoms with Gasteiger partial charge in [-0.05, 0) is 47.9 Å². The van der Waals surface area contributed by atoms with Crippen molar-refractivity contribution in [2.24, 2.45) is 0 Å². The smallest absolute Gasteiger partial charge is 0.268 e. The molecular formula is C19H19N5O2S. The zero-order valence-electron chi connectivity index (χ0n) is 14.9. The van der Waals surface area contributed by atoms with E-state index >= 15 is 0 Å². The van der Waals surface area contributed by atoms with Gasteiger partial charge >= 0.3 is 0 Å². The number of carbonyl (C=O) groups is 1. The Kier molecular flexibility index (Phi) is 4.97. The van der Waals surface area contributed by atoms with Crippen molar-refractivity contribution in [3.63, 3.8) is 0 Å². The van der Waals surface area contributed by atoms with Crippen molar-refractivity contribution in [2.45, 2.75) is 0 Å². The standard InChI is InChI=1S/C19H19N5O2S/c1-26-15-7-5-14(6-8-15)17-18(27-22-21-17)19(25)24-12-10-23(11-13-24)16-4-2-3-9-20-16/h2-9H,10-13H2,1H3. The van der Waals surface area contributed by atoms with Crippen molar-refractivity contribution in [1.29, 1.82) is 0 Å². The molecule has 3 aromatic rings. The van der Waals surface area contributed by atoms with E-state index in [0.29, 0.717) is 23.7 Å². The average Bonchev–Trinajstić information content (AvgIpc) is 3.24. The van der Waals surface area contributed by atoms with Crippen LogP contribution in [0.3, 0.4) is 0 Å². The summed E-state index contributed by atoms with van der Waals surface area (Å²) in [6, 6.07) is 13.4. The van der Waals surface area contributed by atoms with Gasteiger partial charge in [-0.25, -0.2) is 4.98 Å². The molecule has 0 atom stereocenters. The number of aromatic nitrogens is 3. The zero-order chi connectivity index (χ0) is 18.6. The van der Waals surface area contributed by atoms with Gasteiger partial charge in [-0.2, -0.15) is 0 Å². The lowest BCUT2D eigenvalue weighted by Gasteiger charge is -2.35. The summed E-state index contributed by atoms with van der Waals surface area (Å²) in [6.07, 6.45) is 1.79. The molecule has 0 radical (unpaired) electrons. The van der Waals surface area contributed by atoms with Gasteiger partial charge in [-0.3, -0.25) is 4.79 Å². The normalized spacial score (nSPS) is 14.3. The Morgan fingerprint density at radius 2 is 1.85 bits per heavy atom. The van der Waals surface area contributed by atoms with Crippen LogP contribution in [0, 0.1) is 0 Å². The highest BCUT2D eigenvalue weighted by Gasteiger charge is 2.27. The topological polar surface area (TPSA) is 71.5 Å². The Labute approximate surface area is 161 Å². The summed E-state index contributed by atoms with van der Waals surface area (Å²) < 4.78 is 9.20. The molecule has 1 aromatic carbocycles. The van der Waals surface area contributed by atoms with Gasteiger partial charge in [-0.1, -0.05) is 10.6 Å². The first-order chi connectivity index (χ1) is 13.3. The van der Waals surface area contributed by atoms with Gasteiger partial charge in [0.25, 0.3) is 5.91 Å². The molecule has 0 spiro atoms. The molecule has 3 heterocycles. The van der Waals surface area contributed by atoms with E-state index in [1.54, 1.807) is 13.3 Å². The maximum atomic E-state index is 13.0. The molecule has 4 rings (SSSR count). The second kappa shape index (κ2) is 7.71. The van der Waals surface area contributed by atoms with Crippen molar-refractivity contribution in [3.8, 4) is 17.0 Å². The van der Waals surface area contributed by atoms with Gasteiger partial charge in [0.2, 0.25) is 0 Å². The SMILES string of the molecule is COc1ccc(-c2nnsc2C(=O)N2CCN(c3ccccn3)CC2)cc1. The lowest BCUT2D eigenvalue weighted by molar-refractivity contribution is 0.0752. The monoisotopic (exact) mass is 381 g/mol. The molecule has 1 amide bonds. The number of methoxy groups -OCH3 is 1. The van der Waals surface area contributed by atoms with Crippen LogP contribution in [-0.4, -0.2) is 58.7 Å². The first-order valence-corrected chi connectivity index (χ1v) is 9.45. The van der Waals surface area contributed by atoms with E-state index in [9.17, 15) is 4.79 Å². The van der Waals surface area contributed by atoms with Crippen LogP contribution in [-0.2, 0) is 0 Å². The molecule has 0 unspecified atom stereocenters. The quantitative estimate of drug-likeness (QED) is 0.692. The molecule has 1 fully saturated rings. The van der Waals surface area contributed by atoms with Gasteiger partial charge in [0, 0.05) is 37.9 Å². The van der Waals surface area contributed by atoms with E-state index in [1.807, 2.05) is 47.4 Å². The summed E-state index contributed by atoms with van der Waals surface area (Å²) in [7, 11) is 1.62. The molecule has 27 heavy (non-hydrogen) atoms. The second-order valence-electron chi connectivity index (χ2n) is 6.15. The number of rotatable bonds is 4. The highest BCUT2D eigenvalue weighted by Crippen LogP contribution is 2.27. The third kappa shape index (κ3) is 3.61. The molecule has 8 heteroatoms. The summed E-state index contributed by atoms with van der Waals surface area (Å²) in [5.74, 6) is 1.69. The van der Waals surface area contributed by atoms with Crippen molar-refractivity contribution < 1.29 is 9.53 Å². The van der Waals surface area contributed by atoms with E-state index in [2.05, 4.69) is 19.5 Å². The molecule has 1 saturated heterocycles. The fraction of sp³-hybridized carbons (Fsp3) is 0.263. The van der Waals surface area contributed by atoms with Crippen LogP contribution in [0.1, 0.15) is 9.67 Å². The fourth-order valence-electron chi connectivity index (χ4n) is 3.09. The largest absolute Gasteiger partial charge is 0.497 e. The van der Waals surface area contributed by atoms with E-state index in [4.69, 9.17) is 4.74 Å². The Balaban J connectivity index is 1.47. The minimum Gasteiger partial charge on any atom is -0.497 e. The predicted octanol–water partition coefficient (Wildman–Crippen LogP) is 2.57. The van der Waals surface area contributed by atoms with Crippen molar-refractivity contribution >= 4 is 23.3 Å². The molecule has 0 aliphatic carbocycles. The summed E-state index contributed by atoms with van der Waals surface area (Å²) >= 11 is 1.14. The molecule has 1 aliphatic rings. The molecule has 7 nitrogen and oxygen atoms in total. The number of hydrogen-bond donors (Lipinski definition) is 0. The Bertz CT molecular complexity index is 905. The summed E-state index contributed by atoms with van der Waals surface area (Å²) in [5.41, 5.74) is 1.49. The predicted molar refractivity (Wildman–Crippen MR) is 104 cm³/mol. The van der Waals surface area contributed by atoms with E-state index in [0.717, 1.165) is 41.8 Å². The third-order valence-electron chi connectivity index (χ3n) is 4.59. The maximum Gasteiger partial charge on any atom is 0.268 e. The van der Waals surface area contributed by atoms with Crippen LogP contribution < -0.4 is 9.64 Å². The van der Waals surface area contributed by atoms with Gasteiger partial charge in [-0.15, -0.1) is 5.10 Å². The second-order valence-corrected chi connectivity index (χ2v) is 6.90. The number of anilines is 1. The summed E-state index contributed by atoms with van der Waals surface area (Å²) in [5, 5.41) is 4.18. The van der Waals surface area contributed by atoms with E-state index in [-0.39, 0.29) is 5.91 Å². The Hall–Kier alpha value is -3.00. The lowest BCUT2D eigenvalue weighted by atomic mass is 10.1. The number of benzene rings is 1. The molecule has 138 valence electrons. The fourth-order valence-corrected chi connectivity index (χ4v) is 3.75. The average molecular weight is 381 g/mol. The van der Waals surface area contributed by atoms with Gasteiger partial charge in [0.1, 0.15) is 22.1 Å². The van der Waals surface area contributed by atoms with Gasteiger partial charge in [0.05, 0.1) is 7.11 Å². The van der Waals surface area contributed by atoms with Gasteiger partial charge < -0.3 is 14.5 Å². The van der Waals surface area contributed by atoms with Crippen molar-refractivity contribution in [2.75, 3.05) is 38.2 Å². The summed E-state index contributed by atoms with van der Waals surface area (Å²) in [6.45, 7) is 2.81. The third-order valence-corrected chi connectivity index (χ3v) is 5.30. The Morgan fingerprint density at radius 3 is 2.52 bits per heavy atom. The van der Waals surface area contributed by atoms with E-state index in [1.165, 1.54) is 0 Å². The molecule has 2 aromatic heterocycles. The number of piperazine rings is 1. The molecular weight excluding hydrogens is 362 g/mol.